The molecule has 0 bridgehead atoms. The van der Waals surface area contributed by atoms with Gasteiger partial charge >= 0.3 is 0 Å². The Morgan fingerprint density at radius 3 is 2.57 bits per heavy atom. The molecule has 0 fully saturated rings. The van der Waals surface area contributed by atoms with Gasteiger partial charge in [0, 0.05) is 16.7 Å². The summed E-state index contributed by atoms with van der Waals surface area (Å²) in [4.78, 5) is 1.29. The number of halogens is 1. The van der Waals surface area contributed by atoms with Gasteiger partial charge in [-0.15, -0.1) is 11.8 Å². The largest absolute Gasteiger partial charge is 0.313 e. The Labute approximate surface area is 131 Å². The van der Waals surface area contributed by atoms with E-state index in [2.05, 4.69) is 36.5 Å². The predicted molar refractivity (Wildman–Crippen MR) is 89.5 cm³/mol. The van der Waals surface area contributed by atoms with E-state index >= 15 is 0 Å². The van der Waals surface area contributed by atoms with E-state index < -0.39 is 0 Å². The summed E-state index contributed by atoms with van der Waals surface area (Å²) in [6.07, 6.45) is 0.930. The molecule has 0 aliphatic rings. The summed E-state index contributed by atoms with van der Waals surface area (Å²) in [6, 6.07) is 15.9. The van der Waals surface area contributed by atoms with Crippen LogP contribution in [0.4, 0.5) is 4.39 Å². The molecule has 0 heterocycles. The first kappa shape index (κ1) is 16.1. The number of nitrogens with one attached hydrogen (secondary N) is 1. The molecule has 2 aromatic rings. The van der Waals surface area contributed by atoms with Crippen LogP contribution in [-0.4, -0.2) is 18.3 Å². The van der Waals surface area contributed by atoms with Crippen LogP contribution in [0, 0.1) is 12.7 Å². The lowest BCUT2D eigenvalue weighted by Gasteiger charge is -2.19. The molecule has 2 aromatic carbocycles. The number of likely N-dealkylation sites (N-methyl/N-ethyl adjacent to an activating group) is 1. The van der Waals surface area contributed by atoms with Crippen molar-refractivity contribution in [1.82, 2.24) is 5.32 Å². The summed E-state index contributed by atoms with van der Waals surface area (Å²) in [5.41, 5.74) is 2.25. The zero-order valence-electron chi connectivity index (χ0n) is 12.6. The van der Waals surface area contributed by atoms with Crippen molar-refractivity contribution in [3.05, 3.63) is 65.5 Å². The number of rotatable bonds is 7. The Morgan fingerprint density at radius 2 is 1.90 bits per heavy atom. The first-order valence-electron chi connectivity index (χ1n) is 7.35. The Kier molecular flexibility index (Phi) is 6.27. The van der Waals surface area contributed by atoms with Gasteiger partial charge in [-0.2, -0.15) is 0 Å². The van der Waals surface area contributed by atoms with E-state index in [-0.39, 0.29) is 5.82 Å². The van der Waals surface area contributed by atoms with Crippen LogP contribution in [0.1, 0.15) is 18.1 Å². The minimum atomic E-state index is -0.157. The third-order valence-corrected chi connectivity index (χ3v) is 4.63. The Balaban J connectivity index is 1.98. The van der Waals surface area contributed by atoms with Crippen LogP contribution in [0.2, 0.25) is 0 Å². The second-order valence-corrected chi connectivity index (χ2v) is 6.25. The maximum absolute atomic E-state index is 13.2. The maximum Gasteiger partial charge on any atom is 0.123 e. The Bertz CT molecular complexity index is 556. The smallest absolute Gasteiger partial charge is 0.123 e. The van der Waals surface area contributed by atoms with Gasteiger partial charge in [-0.05, 0) is 55.3 Å². The van der Waals surface area contributed by atoms with Crippen LogP contribution in [0.5, 0.6) is 0 Å². The number of thioether (sulfide) groups is 1. The zero-order valence-corrected chi connectivity index (χ0v) is 13.4. The van der Waals surface area contributed by atoms with Crippen molar-refractivity contribution < 1.29 is 4.39 Å². The molecular formula is C18H22FNS. The van der Waals surface area contributed by atoms with Gasteiger partial charge in [0.1, 0.15) is 5.82 Å². The number of benzene rings is 2. The van der Waals surface area contributed by atoms with Gasteiger partial charge in [-0.3, -0.25) is 0 Å². The van der Waals surface area contributed by atoms with Crippen LogP contribution in [0.25, 0.3) is 0 Å². The van der Waals surface area contributed by atoms with Crippen LogP contribution >= 0.6 is 11.8 Å². The van der Waals surface area contributed by atoms with Crippen molar-refractivity contribution in [3.63, 3.8) is 0 Å². The molecule has 0 saturated heterocycles. The molecule has 0 saturated carbocycles. The fourth-order valence-corrected chi connectivity index (χ4v) is 3.32. The molecule has 21 heavy (non-hydrogen) atoms. The Morgan fingerprint density at radius 1 is 1.14 bits per heavy atom. The van der Waals surface area contributed by atoms with Gasteiger partial charge in [0.25, 0.3) is 0 Å². The van der Waals surface area contributed by atoms with E-state index in [1.165, 1.54) is 10.5 Å². The van der Waals surface area contributed by atoms with Gasteiger partial charge in [0.2, 0.25) is 0 Å². The molecule has 1 atom stereocenters. The highest BCUT2D eigenvalue weighted by atomic mass is 32.2. The SMILES string of the molecule is CCNC(CSc1ccccc1)Cc1ccc(F)cc1C. The van der Waals surface area contributed by atoms with E-state index in [4.69, 9.17) is 0 Å². The quantitative estimate of drug-likeness (QED) is 0.759. The van der Waals surface area contributed by atoms with Crippen LogP contribution in [0.3, 0.4) is 0 Å². The summed E-state index contributed by atoms with van der Waals surface area (Å²) in [5, 5.41) is 3.53. The van der Waals surface area contributed by atoms with Crippen molar-refractivity contribution in [2.75, 3.05) is 12.3 Å². The van der Waals surface area contributed by atoms with Crippen molar-refractivity contribution >= 4 is 11.8 Å². The fourth-order valence-electron chi connectivity index (χ4n) is 2.35. The molecule has 0 radical (unpaired) electrons. The molecule has 0 amide bonds. The predicted octanol–water partition coefficient (Wildman–Crippen LogP) is 4.45. The monoisotopic (exact) mass is 303 g/mol. The molecule has 2 rings (SSSR count). The summed E-state index contributed by atoms with van der Waals surface area (Å²) >= 11 is 1.86. The summed E-state index contributed by atoms with van der Waals surface area (Å²) < 4.78 is 13.2. The zero-order chi connectivity index (χ0) is 15.1. The fraction of sp³-hybridized carbons (Fsp3) is 0.333. The minimum Gasteiger partial charge on any atom is -0.313 e. The van der Waals surface area contributed by atoms with Crippen molar-refractivity contribution in [2.24, 2.45) is 0 Å². The average molecular weight is 303 g/mol. The molecule has 1 N–H and O–H groups in total. The van der Waals surface area contributed by atoms with Gasteiger partial charge in [0.15, 0.2) is 0 Å². The van der Waals surface area contributed by atoms with Crippen molar-refractivity contribution in [3.8, 4) is 0 Å². The lowest BCUT2D eigenvalue weighted by Crippen LogP contribution is -2.33. The van der Waals surface area contributed by atoms with Gasteiger partial charge < -0.3 is 5.32 Å². The molecular weight excluding hydrogens is 281 g/mol. The lowest BCUT2D eigenvalue weighted by atomic mass is 10.0. The molecule has 3 heteroatoms. The first-order valence-corrected chi connectivity index (χ1v) is 8.34. The van der Waals surface area contributed by atoms with Crippen LogP contribution in [-0.2, 0) is 6.42 Å². The highest BCUT2D eigenvalue weighted by Crippen LogP contribution is 2.20. The van der Waals surface area contributed by atoms with E-state index in [9.17, 15) is 4.39 Å². The third-order valence-electron chi connectivity index (χ3n) is 3.46. The highest BCUT2D eigenvalue weighted by Gasteiger charge is 2.11. The molecule has 0 aromatic heterocycles. The number of aryl methyl sites for hydroxylation is 1. The summed E-state index contributed by atoms with van der Waals surface area (Å²) in [7, 11) is 0. The normalized spacial score (nSPS) is 12.3. The molecule has 112 valence electrons. The van der Waals surface area contributed by atoms with E-state index in [0.717, 1.165) is 24.3 Å². The molecule has 0 aliphatic carbocycles. The number of hydrogen-bond donors (Lipinski definition) is 1. The van der Waals surface area contributed by atoms with Crippen molar-refractivity contribution in [2.45, 2.75) is 31.2 Å². The second kappa shape index (κ2) is 8.20. The molecule has 1 unspecified atom stereocenters. The molecule has 0 spiro atoms. The summed E-state index contributed by atoms with van der Waals surface area (Å²) in [5.74, 6) is 0.851. The number of hydrogen-bond acceptors (Lipinski definition) is 2. The lowest BCUT2D eigenvalue weighted by molar-refractivity contribution is 0.569. The van der Waals surface area contributed by atoms with Gasteiger partial charge in [-0.1, -0.05) is 31.2 Å². The maximum atomic E-state index is 13.2. The topological polar surface area (TPSA) is 12.0 Å². The minimum absolute atomic E-state index is 0.157. The first-order chi connectivity index (χ1) is 10.2. The Hall–Kier alpha value is -1.32. The molecule has 1 nitrogen and oxygen atoms in total. The van der Waals surface area contributed by atoms with E-state index in [1.54, 1.807) is 12.1 Å². The van der Waals surface area contributed by atoms with Crippen LogP contribution < -0.4 is 5.32 Å². The second-order valence-electron chi connectivity index (χ2n) is 5.15. The van der Waals surface area contributed by atoms with E-state index in [0.29, 0.717) is 6.04 Å². The van der Waals surface area contributed by atoms with Crippen LogP contribution in [0.15, 0.2) is 53.4 Å². The van der Waals surface area contributed by atoms with E-state index in [1.807, 2.05) is 30.8 Å². The third kappa shape index (κ3) is 5.18. The average Bonchev–Trinajstić information content (AvgIpc) is 2.49. The van der Waals surface area contributed by atoms with Gasteiger partial charge in [0.05, 0.1) is 0 Å². The van der Waals surface area contributed by atoms with Gasteiger partial charge in [-0.25, -0.2) is 4.39 Å². The molecule has 0 aliphatic heterocycles. The van der Waals surface area contributed by atoms with Crippen molar-refractivity contribution in [1.29, 1.82) is 0 Å². The standard InChI is InChI=1S/C18H22FNS/c1-3-20-17(13-21-18-7-5-4-6-8-18)12-15-9-10-16(19)11-14(15)2/h4-11,17,20H,3,12-13H2,1-2H3. The highest BCUT2D eigenvalue weighted by molar-refractivity contribution is 7.99. The summed E-state index contributed by atoms with van der Waals surface area (Å²) in [6.45, 7) is 5.05.